The van der Waals surface area contributed by atoms with E-state index in [1.165, 1.54) is 12.3 Å². The molecule has 0 radical (unpaired) electrons. The second-order valence-corrected chi connectivity index (χ2v) is 7.25. The van der Waals surface area contributed by atoms with Gasteiger partial charge >= 0.3 is 5.82 Å². The van der Waals surface area contributed by atoms with Crippen molar-refractivity contribution >= 4 is 25.6 Å². The fourth-order valence-corrected chi connectivity index (χ4v) is 2.44. The number of nitro groups is 1. The summed E-state index contributed by atoms with van der Waals surface area (Å²) >= 11 is 0. The van der Waals surface area contributed by atoms with Gasteiger partial charge in [0.15, 0.2) is 0 Å². The maximum Gasteiger partial charge on any atom is 0.406 e. The Balaban J connectivity index is 2.43. The molecule has 112 valence electrons. The molecule has 0 saturated carbocycles. The highest BCUT2D eigenvalue weighted by atomic mass is 35.7. The Morgan fingerprint density at radius 3 is 2.80 bits per heavy atom. The summed E-state index contributed by atoms with van der Waals surface area (Å²) in [5.41, 5.74) is 0. The highest BCUT2D eigenvalue weighted by Crippen LogP contribution is 2.23. The van der Waals surface area contributed by atoms with Gasteiger partial charge in [0.2, 0.25) is 14.8 Å². The monoisotopic (exact) mass is 322 g/mol. The van der Waals surface area contributed by atoms with Gasteiger partial charge in [-0.25, -0.2) is 8.42 Å². The largest absolute Gasteiger partial charge is 0.486 e. The first-order valence-electron chi connectivity index (χ1n) is 5.94. The average molecular weight is 323 g/mol. The lowest BCUT2D eigenvalue weighted by atomic mass is 10.1. The van der Waals surface area contributed by atoms with Gasteiger partial charge in [0.1, 0.15) is 6.20 Å². The van der Waals surface area contributed by atoms with E-state index < -0.39 is 14.0 Å². The van der Waals surface area contributed by atoms with Crippen LogP contribution in [0, 0.1) is 16.0 Å². The number of ether oxygens (including phenoxy) is 1. The molecule has 0 saturated heterocycles. The van der Waals surface area contributed by atoms with Crippen LogP contribution in [-0.2, 0) is 9.05 Å². The Kier molecular flexibility index (Phi) is 6.15. The highest BCUT2D eigenvalue weighted by Gasteiger charge is 2.16. The smallest absolute Gasteiger partial charge is 0.406 e. The van der Waals surface area contributed by atoms with Gasteiger partial charge in [0.25, 0.3) is 0 Å². The molecule has 20 heavy (non-hydrogen) atoms. The average Bonchev–Trinajstić information content (AvgIpc) is 2.36. The van der Waals surface area contributed by atoms with Gasteiger partial charge in [0, 0.05) is 10.7 Å². The zero-order valence-corrected chi connectivity index (χ0v) is 12.4. The predicted octanol–water partition coefficient (Wildman–Crippen LogP) is 2.35. The molecule has 0 amide bonds. The molecule has 7 nitrogen and oxygen atoms in total. The van der Waals surface area contributed by atoms with E-state index in [1.807, 2.05) is 6.92 Å². The second-order valence-electron chi connectivity index (χ2n) is 4.36. The molecule has 1 heterocycles. The van der Waals surface area contributed by atoms with Crippen molar-refractivity contribution in [3.8, 4) is 5.75 Å². The third kappa shape index (κ3) is 6.16. The molecular weight excluding hydrogens is 308 g/mol. The number of halogens is 1. The molecule has 0 fully saturated rings. The minimum atomic E-state index is -3.48. The lowest BCUT2D eigenvalue weighted by Gasteiger charge is -2.11. The van der Waals surface area contributed by atoms with Crippen LogP contribution in [0.4, 0.5) is 5.82 Å². The van der Waals surface area contributed by atoms with Crippen LogP contribution in [0.25, 0.3) is 0 Å². The molecule has 9 heteroatoms. The zero-order valence-electron chi connectivity index (χ0n) is 10.9. The standard InChI is InChI=1S/C11H15ClN2O5S/c1-9(5-8-20(12,17)18)4-7-19-10-3-2-6-13-11(10)14(15)16/h2-3,6,9H,4-5,7-8H2,1H3. The number of hydrogen-bond donors (Lipinski definition) is 0. The molecule has 1 rings (SSSR count). The summed E-state index contributed by atoms with van der Waals surface area (Å²) in [6.07, 6.45) is 2.31. The van der Waals surface area contributed by atoms with Crippen molar-refractivity contribution < 1.29 is 18.1 Å². The molecule has 0 N–H and O–H groups in total. The number of hydrogen-bond acceptors (Lipinski definition) is 6. The van der Waals surface area contributed by atoms with Gasteiger partial charge in [-0.1, -0.05) is 6.92 Å². The van der Waals surface area contributed by atoms with E-state index in [1.54, 1.807) is 6.07 Å². The third-order valence-corrected chi connectivity index (χ3v) is 3.83. The maximum absolute atomic E-state index is 10.8. The second kappa shape index (κ2) is 7.39. The lowest BCUT2D eigenvalue weighted by Crippen LogP contribution is -2.09. The van der Waals surface area contributed by atoms with Crippen molar-refractivity contribution in [2.75, 3.05) is 12.4 Å². The molecule has 1 aromatic rings. The normalized spacial score (nSPS) is 12.9. The highest BCUT2D eigenvalue weighted by molar-refractivity contribution is 8.13. The van der Waals surface area contributed by atoms with Crippen molar-refractivity contribution in [1.82, 2.24) is 4.98 Å². The van der Waals surface area contributed by atoms with E-state index >= 15 is 0 Å². The van der Waals surface area contributed by atoms with Crippen molar-refractivity contribution in [3.05, 3.63) is 28.4 Å². The first-order chi connectivity index (χ1) is 9.29. The topological polar surface area (TPSA) is 99.4 Å². The van der Waals surface area contributed by atoms with Gasteiger partial charge in [-0.3, -0.25) is 0 Å². The molecule has 1 unspecified atom stereocenters. The molecule has 0 aromatic carbocycles. The molecule has 0 aliphatic heterocycles. The minimum Gasteiger partial charge on any atom is -0.486 e. The van der Waals surface area contributed by atoms with Crippen LogP contribution in [0.5, 0.6) is 5.75 Å². The van der Waals surface area contributed by atoms with E-state index in [4.69, 9.17) is 15.4 Å². The number of pyridine rings is 1. The molecule has 0 aliphatic carbocycles. The van der Waals surface area contributed by atoms with Crippen LogP contribution in [-0.4, -0.2) is 30.7 Å². The van der Waals surface area contributed by atoms with Crippen LogP contribution >= 0.6 is 10.7 Å². The van der Waals surface area contributed by atoms with Crippen LogP contribution < -0.4 is 4.74 Å². The predicted molar refractivity (Wildman–Crippen MR) is 74.4 cm³/mol. The fraction of sp³-hybridized carbons (Fsp3) is 0.545. The van der Waals surface area contributed by atoms with Crippen molar-refractivity contribution in [3.63, 3.8) is 0 Å². The molecule has 0 spiro atoms. The van der Waals surface area contributed by atoms with Gasteiger partial charge in [0.05, 0.1) is 12.4 Å². The van der Waals surface area contributed by atoms with Crippen LogP contribution in [0.15, 0.2) is 18.3 Å². The Morgan fingerprint density at radius 2 is 2.20 bits per heavy atom. The van der Waals surface area contributed by atoms with Crippen molar-refractivity contribution in [2.45, 2.75) is 19.8 Å². The van der Waals surface area contributed by atoms with E-state index in [-0.39, 0.29) is 29.8 Å². The van der Waals surface area contributed by atoms with Gasteiger partial charge in [-0.05, 0) is 40.8 Å². The van der Waals surface area contributed by atoms with Crippen molar-refractivity contribution in [1.29, 1.82) is 0 Å². The van der Waals surface area contributed by atoms with E-state index in [0.29, 0.717) is 12.8 Å². The summed E-state index contributed by atoms with van der Waals surface area (Å²) in [5, 5.41) is 10.7. The fourth-order valence-electron chi connectivity index (χ4n) is 1.49. The lowest BCUT2D eigenvalue weighted by molar-refractivity contribution is -0.390. The molecule has 1 atom stereocenters. The Hall–Kier alpha value is -1.41. The van der Waals surface area contributed by atoms with E-state index in [9.17, 15) is 18.5 Å². The summed E-state index contributed by atoms with van der Waals surface area (Å²) in [7, 11) is 1.64. The summed E-state index contributed by atoms with van der Waals surface area (Å²) in [5.74, 6) is -0.236. The quantitative estimate of drug-likeness (QED) is 0.414. The van der Waals surface area contributed by atoms with Crippen LogP contribution in [0.2, 0.25) is 0 Å². The summed E-state index contributed by atoms with van der Waals surface area (Å²) < 4.78 is 26.9. The van der Waals surface area contributed by atoms with Crippen molar-refractivity contribution in [2.24, 2.45) is 5.92 Å². The van der Waals surface area contributed by atoms with Crippen LogP contribution in [0.3, 0.4) is 0 Å². The number of rotatable bonds is 8. The van der Waals surface area contributed by atoms with Gasteiger partial charge in [-0.15, -0.1) is 0 Å². The maximum atomic E-state index is 10.8. The molecule has 1 aromatic heterocycles. The number of nitrogens with zero attached hydrogens (tertiary/aromatic N) is 2. The van der Waals surface area contributed by atoms with E-state index in [2.05, 4.69) is 4.98 Å². The first-order valence-corrected chi connectivity index (χ1v) is 8.42. The number of aromatic nitrogens is 1. The molecular formula is C11H15ClN2O5S. The summed E-state index contributed by atoms with van der Waals surface area (Å²) in [6.45, 7) is 2.11. The summed E-state index contributed by atoms with van der Waals surface area (Å²) in [4.78, 5) is 13.7. The third-order valence-electron chi connectivity index (χ3n) is 2.65. The minimum absolute atomic E-state index is 0.0826. The molecule has 0 bridgehead atoms. The Morgan fingerprint density at radius 1 is 1.50 bits per heavy atom. The SMILES string of the molecule is CC(CCOc1cccnc1[N+](=O)[O-])CCS(=O)(=O)Cl. The zero-order chi connectivity index (χ0) is 15.2. The summed E-state index contributed by atoms with van der Waals surface area (Å²) in [6, 6.07) is 3.02. The van der Waals surface area contributed by atoms with E-state index in [0.717, 1.165) is 0 Å². The Labute approximate surface area is 121 Å². The van der Waals surface area contributed by atoms with Crippen LogP contribution in [0.1, 0.15) is 19.8 Å². The Bertz CT molecular complexity index is 564. The van der Waals surface area contributed by atoms with Gasteiger partial charge < -0.3 is 14.9 Å². The van der Waals surface area contributed by atoms with Gasteiger partial charge in [-0.2, -0.15) is 0 Å². The first kappa shape index (κ1) is 16.6. The molecule has 0 aliphatic rings.